The fraction of sp³-hybridized carbons (Fsp3) is 0.435. The maximum atomic E-state index is 13.3. The van der Waals surface area contributed by atoms with E-state index in [1.165, 1.54) is 19.4 Å². The molecule has 0 N–H and O–H groups in total. The summed E-state index contributed by atoms with van der Waals surface area (Å²) in [6, 6.07) is 9.38. The van der Waals surface area contributed by atoms with Crippen molar-refractivity contribution in [3.05, 3.63) is 53.5 Å². The number of hydrogen-bond acceptors (Lipinski definition) is 6. The Labute approximate surface area is 174 Å². The smallest absolute Gasteiger partial charge is 0.341 e. The van der Waals surface area contributed by atoms with Gasteiger partial charge in [0.1, 0.15) is 12.2 Å². The van der Waals surface area contributed by atoms with Gasteiger partial charge in [0, 0.05) is 12.2 Å². The molecule has 1 saturated carbocycles. The molecule has 2 atom stereocenters. The van der Waals surface area contributed by atoms with E-state index < -0.39 is 23.8 Å². The summed E-state index contributed by atoms with van der Waals surface area (Å²) in [5.74, 6) is -1.62. The standard InChI is InChI=1S/C23H25NO6/c1-28-22(26)18-11-13-29-20(18)14-30-23(27)17-8-4-3-7-16(17)21(25)24-12-10-15-6-2-5-9-19(15)24/h2,5-6,9,11,13,16-17H,3-4,7-8,10,12,14H2,1H3. The Morgan fingerprint density at radius 2 is 1.87 bits per heavy atom. The number of rotatable bonds is 5. The Kier molecular flexibility index (Phi) is 5.88. The number of fused-ring (bicyclic) bond motifs is 1. The maximum absolute atomic E-state index is 13.3. The molecular weight excluding hydrogens is 386 g/mol. The van der Waals surface area contributed by atoms with Gasteiger partial charge in [0.2, 0.25) is 5.91 Å². The van der Waals surface area contributed by atoms with Gasteiger partial charge in [0.25, 0.3) is 0 Å². The molecule has 2 aliphatic rings. The molecule has 1 aliphatic heterocycles. The third kappa shape index (κ3) is 3.84. The fourth-order valence-corrected chi connectivity index (χ4v) is 4.46. The van der Waals surface area contributed by atoms with Crippen molar-refractivity contribution >= 4 is 23.5 Å². The van der Waals surface area contributed by atoms with Crippen molar-refractivity contribution in [3.8, 4) is 0 Å². The number of carbonyl (C=O) groups is 3. The number of hydrogen-bond donors (Lipinski definition) is 0. The maximum Gasteiger partial charge on any atom is 0.341 e. The summed E-state index contributed by atoms with van der Waals surface area (Å²) >= 11 is 0. The molecule has 0 spiro atoms. The zero-order valence-electron chi connectivity index (χ0n) is 17.0. The van der Waals surface area contributed by atoms with Gasteiger partial charge in [-0.3, -0.25) is 9.59 Å². The minimum atomic E-state index is -0.548. The van der Waals surface area contributed by atoms with Crippen LogP contribution in [0.1, 0.15) is 47.4 Å². The summed E-state index contributed by atoms with van der Waals surface area (Å²) in [4.78, 5) is 39.8. The van der Waals surface area contributed by atoms with Gasteiger partial charge >= 0.3 is 11.9 Å². The zero-order valence-corrected chi connectivity index (χ0v) is 17.0. The molecule has 1 amide bonds. The summed E-state index contributed by atoms with van der Waals surface area (Å²) in [7, 11) is 1.28. The number of carbonyl (C=O) groups excluding carboxylic acids is 3. The van der Waals surface area contributed by atoms with Gasteiger partial charge < -0.3 is 18.8 Å². The Morgan fingerprint density at radius 1 is 1.10 bits per heavy atom. The number of ether oxygens (including phenoxy) is 2. The summed E-state index contributed by atoms with van der Waals surface area (Å²) in [6.45, 7) is 0.478. The lowest BCUT2D eigenvalue weighted by atomic mass is 9.78. The highest BCUT2D eigenvalue weighted by Crippen LogP contribution is 2.36. The van der Waals surface area contributed by atoms with E-state index >= 15 is 0 Å². The van der Waals surface area contributed by atoms with Crippen LogP contribution in [-0.2, 0) is 32.1 Å². The van der Waals surface area contributed by atoms with E-state index in [2.05, 4.69) is 0 Å². The van der Waals surface area contributed by atoms with Crippen LogP contribution in [0.4, 0.5) is 5.69 Å². The van der Waals surface area contributed by atoms with Crippen LogP contribution < -0.4 is 4.90 Å². The van der Waals surface area contributed by atoms with Gasteiger partial charge in [0.15, 0.2) is 5.76 Å². The Balaban J connectivity index is 1.45. The van der Waals surface area contributed by atoms with Crippen molar-refractivity contribution in [3.63, 3.8) is 0 Å². The molecule has 2 aromatic rings. The number of furan rings is 1. The predicted octanol–water partition coefficient (Wildman–Crippen LogP) is 3.51. The third-order valence-electron chi connectivity index (χ3n) is 6.04. The van der Waals surface area contributed by atoms with Gasteiger partial charge in [-0.25, -0.2) is 4.79 Å². The van der Waals surface area contributed by atoms with Crippen molar-refractivity contribution in [2.75, 3.05) is 18.6 Å². The molecule has 4 rings (SSSR count). The van der Waals surface area contributed by atoms with E-state index in [4.69, 9.17) is 13.9 Å². The molecule has 2 unspecified atom stereocenters. The summed E-state index contributed by atoms with van der Waals surface area (Å²) in [5.41, 5.74) is 2.34. The number of methoxy groups -OCH3 is 1. The molecule has 7 nitrogen and oxygen atoms in total. The highest BCUT2D eigenvalue weighted by molar-refractivity contribution is 5.99. The van der Waals surface area contributed by atoms with Crippen LogP contribution in [-0.4, -0.2) is 31.5 Å². The summed E-state index contributed by atoms with van der Waals surface area (Å²) < 4.78 is 15.4. The lowest BCUT2D eigenvalue weighted by molar-refractivity contribution is -0.156. The minimum Gasteiger partial charge on any atom is -0.465 e. The lowest BCUT2D eigenvalue weighted by Gasteiger charge is -2.32. The van der Waals surface area contributed by atoms with E-state index in [9.17, 15) is 14.4 Å². The molecule has 1 aromatic carbocycles. The Morgan fingerprint density at radius 3 is 2.67 bits per heavy atom. The van der Waals surface area contributed by atoms with Crippen LogP contribution >= 0.6 is 0 Å². The van der Waals surface area contributed by atoms with Gasteiger partial charge in [0.05, 0.1) is 25.2 Å². The van der Waals surface area contributed by atoms with Gasteiger partial charge in [-0.2, -0.15) is 0 Å². The van der Waals surface area contributed by atoms with Crippen molar-refractivity contribution in [1.29, 1.82) is 0 Å². The number of amides is 1. The second-order valence-corrected chi connectivity index (χ2v) is 7.72. The number of anilines is 1. The topological polar surface area (TPSA) is 86.0 Å². The first-order valence-electron chi connectivity index (χ1n) is 10.3. The first kappa shape index (κ1) is 20.2. The minimum absolute atomic E-state index is 0.00477. The van der Waals surface area contributed by atoms with Crippen LogP contribution in [0.3, 0.4) is 0 Å². The van der Waals surface area contributed by atoms with E-state index in [0.29, 0.717) is 19.4 Å². The van der Waals surface area contributed by atoms with Crippen LogP contribution in [0.25, 0.3) is 0 Å². The molecule has 1 fully saturated rings. The highest BCUT2D eigenvalue weighted by atomic mass is 16.5. The zero-order chi connectivity index (χ0) is 21.1. The Bertz CT molecular complexity index is 949. The SMILES string of the molecule is COC(=O)c1ccoc1COC(=O)C1CCCCC1C(=O)N1CCc2ccccc21. The van der Waals surface area contributed by atoms with E-state index in [0.717, 1.165) is 30.5 Å². The van der Waals surface area contributed by atoms with Crippen LogP contribution in [0.15, 0.2) is 41.0 Å². The normalized spacial score (nSPS) is 20.5. The van der Waals surface area contributed by atoms with Gasteiger partial charge in [-0.1, -0.05) is 31.0 Å². The van der Waals surface area contributed by atoms with Crippen molar-refractivity contribution in [1.82, 2.24) is 0 Å². The van der Waals surface area contributed by atoms with Crippen LogP contribution in [0, 0.1) is 11.8 Å². The van der Waals surface area contributed by atoms with E-state index in [1.54, 1.807) is 0 Å². The number of benzene rings is 1. The highest BCUT2D eigenvalue weighted by Gasteiger charge is 2.40. The molecule has 30 heavy (non-hydrogen) atoms. The third-order valence-corrected chi connectivity index (χ3v) is 6.04. The average Bonchev–Trinajstić information content (AvgIpc) is 3.43. The first-order chi connectivity index (χ1) is 14.6. The molecule has 158 valence electrons. The largest absolute Gasteiger partial charge is 0.465 e. The van der Waals surface area contributed by atoms with Crippen molar-refractivity contribution in [2.24, 2.45) is 11.8 Å². The van der Waals surface area contributed by atoms with E-state index in [1.807, 2.05) is 29.2 Å². The summed E-state index contributed by atoms with van der Waals surface area (Å²) in [5, 5.41) is 0. The number of esters is 2. The monoisotopic (exact) mass is 411 g/mol. The number of para-hydroxylation sites is 1. The summed E-state index contributed by atoms with van der Waals surface area (Å²) in [6.07, 6.45) is 5.28. The molecular formula is C23H25NO6. The second-order valence-electron chi connectivity index (χ2n) is 7.72. The average molecular weight is 411 g/mol. The quantitative estimate of drug-likeness (QED) is 0.700. The van der Waals surface area contributed by atoms with E-state index in [-0.39, 0.29) is 23.8 Å². The van der Waals surface area contributed by atoms with Crippen LogP contribution in [0.5, 0.6) is 0 Å². The first-order valence-corrected chi connectivity index (χ1v) is 10.3. The van der Waals surface area contributed by atoms with Gasteiger partial charge in [-0.05, 0) is 37.0 Å². The molecule has 0 saturated heterocycles. The molecule has 1 aliphatic carbocycles. The molecule has 2 heterocycles. The Hall–Kier alpha value is -3.09. The molecule has 0 bridgehead atoms. The molecule has 7 heteroatoms. The van der Waals surface area contributed by atoms with Crippen molar-refractivity contribution in [2.45, 2.75) is 38.7 Å². The second kappa shape index (κ2) is 8.73. The van der Waals surface area contributed by atoms with Crippen molar-refractivity contribution < 1.29 is 28.3 Å². The fourth-order valence-electron chi connectivity index (χ4n) is 4.46. The van der Waals surface area contributed by atoms with Crippen LogP contribution in [0.2, 0.25) is 0 Å². The van der Waals surface area contributed by atoms with Gasteiger partial charge in [-0.15, -0.1) is 0 Å². The lowest BCUT2D eigenvalue weighted by Crippen LogP contribution is -2.42. The molecule has 1 aromatic heterocycles. The predicted molar refractivity (Wildman–Crippen MR) is 108 cm³/mol. The molecule has 0 radical (unpaired) electrons. The number of nitrogens with zero attached hydrogens (tertiary/aromatic N) is 1.